The van der Waals surface area contributed by atoms with Gasteiger partial charge in [-0.2, -0.15) is 0 Å². The summed E-state index contributed by atoms with van der Waals surface area (Å²) in [4.78, 5) is 5.05. The summed E-state index contributed by atoms with van der Waals surface area (Å²) in [6.07, 6.45) is 0. The molecule has 0 aliphatic rings. The Morgan fingerprint density at radius 3 is 2.08 bits per heavy atom. The van der Waals surface area contributed by atoms with E-state index in [0.717, 1.165) is 43.5 Å². The molecule has 7 heteroatoms. The van der Waals surface area contributed by atoms with Gasteiger partial charge in [0.2, 0.25) is 11.5 Å². The maximum absolute atomic E-state index is 6.36. The fourth-order valence-corrected chi connectivity index (χ4v) is 5.12. The summed E-state index contributed by atoms with van der Waals surface area (Å²) in [5, 5.41) is 5.70. The molecule has 0 bridgehead atoms. The number of benzene rings is 4. The molecular weight excluding hydrogens is 470 g/mol. The van der Waals surface area contributed by atoms with Crippen LogP contribution in [0.4, 0.5) is 0 Å². The summed E-state index contributed by atoms with van der Waals surface area (Å²) in [5.41, 5.74) is 2.73. The standard InChI is InChI=1S/C30H25NO6/c1-32-20-12-11-17(14-22(20)33-2)27-26-19(15-23(34-3)28(35-4)29(26)36-5)25-24-18-9-7-6-8-16(18)10-13-21(24)37-30(25)31-27/h6-15H,1-5H3. The lowest BCUT2D eigenvalue weighted by Gasteiger charge is -2.18. The summed E-state index contributed by atoms with van der Waals surface area (Å²) in [6.45, 7) is 0. The van der Waals surface area contributed by atoms with E-state index in [1.54, 1.807) is 35.5 Å². The van der Waals surface area contributed by atoms with E-state index in [0.29, 0.717) is 40.2 Å². The number of rotatable bonds is 6. The maximum Gasteiger partial charge on any atom is 0.228 e. The van der Waals surface area contributed by atoms with Gasteiger partial charge in [-0.15, -0.1) is 0 Å². The highest BCUT2D eigenvalue weighted by Gasteiger charge is 2.26. The minimum absolute atomic E-state index is 0.484. The van der Waals surface area contributed by atoms with Crippen LogP contribution in [0.5, 0.6) is 28.7 Å². The van der Waals surface area contributed by atoms with Crippen molar-refractivity contribution in [3.63, 3.8) is 0 Å². The van der Waals surface area contributed by atoms with Gasteiger partial charge in [-0.05, 0) is 41.1 Å². The van der Waals surface area contributed by atoms with E-state index in [-0.39, 0.29) is 0 Å². The molecule has 0 spiro atoms. The molecule has 0 atom stereocenters. The van der Waals surface area contributed by atoms with Crippen molar-refractivity contribution in [3.8, 4) is 40.0 Å². The van der Waals surface area contributed by atoms with Crippen molar-refractivity contribution in [2.75, 3.05) is 35.5 Å². The van der Waals surface area contributed by atoms with Gasteiger partial charge in [0, 0.05) is 16.3 Å². The molecule has 0 aliphatic carbocycles. The van der Waals surface area contributed by atoms with Gasteiger partial charge in [0.25, 0.3) is 0 Å². The first-order valence-electron chi connectivity index (χ1n) is 11.7. The fraction of sp³-hybridized carbons (Fsp3) is 0.167. The van der Waals surface area contributed by atoms with Gasteiger partial charge in [0.15, 0.2) is 23.0 Å². The first kappa shape index (κ1) is 22.8. The van der Waals surface area contributed by atoms with Gasteiger partial charge in [-0.25, -0.2) is 4.98 Å². The molecule has 6 aromatic rings. The third kappa shape index (κ3) is 3.31. The topological polar surface area (TPSA) is 72.2 Å². The lowest BCUT2D eigenvalue weighted by molar-refractivity contribution is 0.327. The number of aromatic nitrogens is 1. The molecule has 0 radical (unpaired) electrons. The van der Waals surface area contributed by atoms with Crippen molar-refractivity contribution in [1.29, 1.82) is 0 Å². The quantitative estimate of drug-likeness (QED) is 0.246. The summed E-state index contributed by atoms with van der Waals surface area (Å²) >= 11 is 0. The van der Waals surface area contributed by atoms with Crippen molar-refractivity contribution in [2.24, 2.45) is 0 Å². The van der Waals surface area contributed by atoms with E-state index in [9.17, 15) is 0 Å². The predicted molar refractivity (Wildman–Crippen MR) is 145 cm³/mol. The second-order valence-electron chi connectivity index (χ2n) is 8.54. The van der Waals surface area contributed by atoms with Crippen LogP contribution in [0.25, 0.3) is 54.9 Å². The highest BCUT2D eigenvalue weighted by molar-refractivity contribution is 6.28. The first-order chi connectivity index (χ1) is 18.1. The van der Waals surface area contributed by atoms with Gasteiger partial charge >= 0.3 is 0 Å². The Morgan fingerprint density at radius 2 is 1.35 bits per heavy atom. The van der Waals surface area contributed by atoms with Gasteiger partial charge in [0.1, 0.15) is 5.58 Å². The van der Waals surface area contributed by atoms with Crippen molar-refractivity contribution >= 4 is 43.6 Å². The Kier molecular flexibility index (Phi) is 5.41. The molecule has 0 unspecified atom stereocenters. The molecule has 2 heterocycles. The van der Waals surface area contributed by atoms with Crippen LogP contribution in [-0.2, 0) is 0 Å². The Hall–Kier alpha value is -4.65. The summed E-state index contributed by atoms with van der Waals surface area (Å²) in [6, 6.07) is 19.9. The molecule has 0 N–H and O–H groups in total. The summed E-state index contributed by atoms with van der Waals surface area (Å²) < 4.78 is 34.8. The number of hydrogen-bond acceptors (Lipinski definition) is 7. The maximum atomic E-state index is 6.36. The average Bonchev–Trinajstić information content (AvgIpc) is 3.34. The summed E-state index contributed by atoms with van der Waals surface area (Å²) in [7, 11) is 8.03. The number of hydrogen-bond donors (Lipinski definition) is 0. The zero-order valence-electron chi connectivity index (χ0n) is 21.2. The van der Waals surface area contributed by atoms with Crippen molar-refractivity contribution < 1.29 is 28.1 Å². The third-order valence-electron chi connectivity index (χ3n) is 6.77. The highest BCUT2D eigenvalue weighted by Crippen LogP contribution is 2.50. The Bertz CT molecular complexity index is 1820. The number of pyridine rings is 1. The normalized spacial score (nSPS) is 11.4. The molecule has 6 rings (SSSR count). The minimum atomic E-state index is 0.484. The molecule has 186 valence electrons. The fourth-order valence-electron chi connectivity index (χ4n) is 5.12. The van der Waals surface area contributed by atoms with Crippen molar-refractivity contribution in [2.45, 2.75) is 0 Å². The van der Waals surface area contributed by atoms with E-state index in [4.69, 9.17) is 33.1 Å². The number of fused-ring (bicyclic) bond motifs is 7. The van der Waals surface area contributed by atoms with E-state index < -0.39 is 0 Å². The Balaban J connectivity index is 1.85. The van der Waals surface area contributed by atoms with Gasteiger partial charge < -0.3 is 28.1 Å². The average molecular weight is 496 g/mol. The van der Waals surface area contributed by atoms with E-state index in [2.05, 4.69) is 18.2 Å². The number of nitrogens with zero attached hydrogens (tertiary/aromatic N) is 1. The first-order valence-corrected chi connectivity index (χ1v) is 11.7. The highest BCUT2D eigenvalue weighted by atomic mass is 16.5. The Morgan fingerprint density at radius 1 is 0.595 bits per heavy atom. The zero-order chi connectivity index (χ0) is 25.7. The van der Waals surface area contributed by atoms with Crippen LogP contribution >= 0.6 is 0 Å². The zero-order valence-corrected chi connectivity index (χ0v) is 21.2. The molecule has 0 saturated carbocycles. The lowest BCUT2D eigenvalue weighted by atomic mass is 9.96. The van der Waals surface area contributed by atoms with Crippen molar-refractivity contribution in [3.05, 3.63) is 60.7 Å². The third-order valence-corrected chi connectivity index (χ3v) is 6.77. The number of methoxy groups -OCH3 is 5. The molecule has 0 fully saturated rings. The van der Waals surface area contributed by atoms with E-state index >= 15 is 0 Å². The van der Waals surface area contributed by atoms with Gasteiger partial charge in [-0.1, -0.05) is 30.3 Å². The van der Waals surface area contributed by atoms with E-state index in [1.165, 1.54) is 0 Å². The molecule has 0 aliphatic heterocycles. The van der Waals surface area contributed by atoms with Crippen LogP contribution in [-0.4, -0.2) is 40.5 Å². The lowest BCUT2D eigenvalue weighted by Crippen LogP contribution is -1.99. The van der Waals surface area contributed by atoms with Crippen LogP contribution in [0.15, 0.2) is 65.1 Å². The predicted octanol–water partition coefficient (Wildman–Crippen LogP) is 7.00. The molecule has 0 saturated heterocycles. The molecule has 7 nitrogen and oxygen atoms in total. The summed E-state index contributed by atoms with van der Waals surface area (Å²) in [5.74, 6) is 2.76. The second-order valence-corrected chi connectivity index (χ2v) is 8.54. The van der Waals surface area contributed by atoms with Crippen LogP contribution in [0.1, 0.15) is 0 Å². The number of furan rings is 1. The largest absolute Gasteiger partial charge is 0.493 e. The van der Waals surface area contributed by atoms with Gasteiger partial charge in [-0.3, -0.25) is 0 Å². The molecule has 37 heavy (non-hydrogen) atoms. The van der Waals surface area contributed by atoms with Crippen LogP contribution in [0.3, 0.4) is 0 Å². The smallest absolute Gasteiger partial charge is 0.228 e. The van der Waals surface area contributed by atoms with Gasteiger partial charge in [0.05, 0.1) is 52.0 Å². The second kappa shape index (κ2) is 8.78. The SMILES string of the molecule is COc1ccc(-c2nc3oc4ccc5ccccc5c4c3c3cc(OC)c(OC)c(OC)c23)cc1OC. The monoisotopic (exact) mass is 495 g/mol. The molecule has 0 amide bonds. The van der Waals surface area contributed by atoms with Crippen molar-refractivity contribution in [1.82, 2.24) is 4.98 Å². The van der Waals surface area contributed by atoms with Crippen LogP contribution in [0.2, 0.25) is 0 Å². The van der Waals surface area contributed by atoms with E-state index in [1.807, 2.05) is 42.5 Å². The molecule has 4 aromatic carbocycles. The Labute approximate surface area is 213 Å². The number of ether oxygens (including phenoxy) is 5. The minimum Gasteiger partial charge on any atom is -0.493 e. The molecular formula is C30H25NO6. The van der Waals surface area contributed by atoms with Crippen LogP contribution in [0, 0.1) is 0 Å². The van der Waals surface area contributed by atoms with Crippen LogP contribution < -0.4 is 23.7 Å². The molecule has 2 aromatic heterocycles.